The van der Waals surface area contributed by atoms with Gasteiger partial charge in [-0.15, -0.1) is 0 Å². The molecule has 0 saturated carbocycles. The lowest BCUT2D eigenvalue weighted by Crippen LogP contribution is -2.52. The molecule has 2 N–H and O–H groups in total. The quantitative estimate of drug-likeness (QED) is 0.770. The normalized spacial score (nSPS) is 34.0. The minimum atomic E-state index is -0.733. The SMILES string of the molecule is CCCC(C)(O)C1COCC(CC)C1C(O)CC. The zero-order chi connectivity index (χ0) is 13.8. The standard InChI is InChI=1S/C15H30O3/c1-5-8-15(4,17)12-10-18-9-11(6-2)14(12)13(16)7-3/h11-14,16-17H,5-10H2,1-4H3. The van der Waals surface area contributed by atoms with Gasteiger partial charge in [0.25, 0.3) is 0 Å². The Bertz CT molecular complexity index is 240. The van der Waals surface area contributed by atoms with Crippen molar-refractivity contribution in [3.8, 4) is 0 Å². The fourth-order valence-corrected chi connectivity index (χ4v) is 3.43. The highest BCUT2D eigenvalue weighted by atomic mass is 16.5. The third kappa shape index (κ3) is 3.46. The van der Waals surface area contributed by atoms with Crippen LogP contribution in [0, 0.1) is 17.8 Å². The summed E-state index contributed by atoms with van der Waals surface area (Å²) in [5.74, 6) is 0.573. The minimum Gasteiger partial charge on any atom is -0.393 e. The highest BCUT2D eigenvalue weighted by Gasteiger charge is 2.45. The number of aliphatic hydroxyl groups excluding tert-OH is 1. The predicted octanol–water partition coefficient (Wildman–Crippen LogP) is 2.60. The molecule has 0 spiro atoms. The van der Waals surface area contributed by atoms with Crippen molar-refractivity contribution in [1.82, 2.24) is 0 Å². The Morgan fingerprint density at radius 3 is 2.44 bits per heavy atom. The summed E-state index contributed by atoms with van der Waals surface area (Å²) >= 11 is 0. The van der Waals surface area contributed by atoms with Crippen LogP contribution in [0.4, 0.5) is 0 Å². The zero-order valence-corrected chi connectivity index (χ0v) is 12.4. The van der Waals surface area contributed by atoms with E-state index in [2.05, 4.69) is 13.8 Å². The summed E-state index contributed by atoms with van der Waals surface area (Å²) in [5.41, 5.74) is -0.733. The molecule has 0 aliphatic carbocycles. The van der Waals surface area contributed by atoms with Gasteiger partial charge < -0.3 is 14.9 Å². The molecule has 5 unspecified atom stereocenters. The molecule has 1 rings (SSSR count). The van der Waals surface area contributed by atoms with E-state index >= 15 is 0 Å². The summed E-state index contributed by atoms with van der Waals surface area (Å²) in [4.78, 5) is 0. The molecule has 0 amide bonds. The third-order valence-electron chi connectivity index (χ3n) is 4.58. The smallest absolute Gasteiger partial charge is 0.0673 e. The minimum absolute atomic E-state index is 0.0473. The van der Waals surface area contributed by atoms with Gasteiger partial charge in [0.2, 0.25) is 0 Å². The highest BCUT2D eigenvalue weighted by Crippen LogP contribution is 2.40. The Labute approximate surface area is 112 Å². The van der Waals surface area contributed by atoms with E-state index in [0.29, 0.717) is 12.5 Å². The van der Waals surface area contributed by atoms with Crippen LogP contribution in [-0.2, 0) is 4.74 Å². The lowest BCUT2D eigenvalue weighted by Gasteiger charge is -2.46. The molecule has 0 bridgehead atoms. The molecular weight excluding hydrogens is 228 g/mol. The lowest BCUT2D eigenvalue weighted by atomic mass is 9.67. The first-order valence-electron chi connectivity index (χ1n) is 7.46. The van der Waals surface area contributed by atoms with Crippen LogP contribution in [0.5, 0.6) is 0 Å². The van der Waals surface area contributed by atoms with Gasteiger partial charge in [-0.2, -0.15) is 0 Å². The molecule has 0 aromatic carbocycles. The summed E-state index contributed by atoms with van der Waals surface area (Å²) in [6.45, 7) is 9.43. The summed E-state index contributed by atoms with van der Waals surface area (Å²) in [6, 6.07) is 0. The maximum atomic E-state index is 10.7. The van der Waals surface area contributed by atoms with Crippen LogP contribution in [0.2, 0.25) is 0 Å². The Balaban J connectivity index is 2.91. The average Bonchev–Trinajstić information content (AvgIpc) is 2.36. The fourth-order valence-electron chi connectivity index (χ4n) is 3.43. The fraction of sp³-hybridized carbons (Fsp3) is 1.00. The van der Waals surface area contributed by atoms with Crippen molar-refractivity contribution in [3.63, 3.8) is 0 Å². The second-order valence-electron chi connectivity index (χ2n) is 5.97. The predicted molar refractivity (Wildman–Crippen MR) is 73.4 cm³/mol. The van der Waals surface area contributed by atoms with Crippen molar-refractivity contribution in [3.05, 3.63) is 0 Å². The second-order valence-corrected chi connectivity index (χ2v) is 5.97. The molecule has 5 atom stereocenters. The van der Waals surface area contributed by atoms with Crippen LogP contribution >= 0.6 is 0 Å². The van der Waals surface area contributed by atoms with Gasteiger partial charge in [0.05, 0.1) is 18.3 Å². The van der Waals surface area contributed by atoms with Gasteiger partial charge in [-0.25, -0.2) is 0 Å². The van der Waals surface area contributed by atoms with E-state index in [1.54, 1.807) is 0 Å². The van der Waals surface area contributed by atoms with Gasteiger partial charge in [0.1, 0.15) is 0 Å². The summed E-state index contributed by atoms with van der Waals surface area (Å²) in [7, 11) is 0. The summed E-state index contributed by atoms with van der Waals surface area (Å²) < 4.78 is 5.67. The number of hydrogen-bond acceptors (Lipinski definition) is 3. The topological polar surface area (TPSA) is 49.7 Å². The number of hydrogen-bond donors (Lipinski definition) is 2. The van der Waals surface area contributed by atoms with Crippen LogP contribution in [0.25, 0.3) is 0 Å². The average molecular weight is 258 g/mol. The van der Waals surface area contributed by atoms with E-state index in [0.717, 1.165) is 32.3 Å². The molecule has 0 aromatic heterocycles. The lowest BCUT2D eigenvalue weighted by molar-refractivity contribution is -0.152. The highest BCUT2D eigenvalue weighted by molar-refractivity contribution is 4.94. The molecule has 3 nitrogen and oxygen atoms in total. The third-order valence-corrected chi connectivity index (χ3v) is 4.58. The van der Waals surface area contributed by atoms with E-state index in [1.807, 2.05) is 13.8 Å². The molecule has 1 aliphatic rings. The van der Waals surface area contributed by atoms with Crippen LogP contribution in [-0.4, -0.2) is 35.1 Å². The Morgan fingerprint density at radius 1 is 1.28 bits per heavy atom. The Kier molecular flexibility index (Phi) is 6.09. The summed E-state index contributed by atoms with van der Waals surface area (Å²) in [6.07, 6.45) is 3.15. The van der Waals surface area contributed by atoms with E-state index in [9.17, 15) is 10.2 Å². The first kappa shape index (κ1) is 15.9. The van der Waals surface area contributed by atoms with Crippen molar-refractivity contribution < 1.29 is 14.9 Å². The monoisotopic (exact) mass is 258 g/mol. The molecule has 1 aliphatic heterocycles. The molecule has 3 heteroatoms. The van der Waals surface area contributed by atoms with Crippen molar-refractivity contribution in [2.75, 3.05) is 13.2 Å². The maximum absolute atomic E-state index is 10.7. The molecular formula is C15H30O3. The summed E-state index contributed by atoms with van der Waals surface area (Å²) in [5, 5.41) is 21.0. The van der Waals surface area contributed by atoms with Crippen LogP contribution < -0.4 is 0 Å². The van der Waals surface area contributed by atoms with E-state index in [1.165, 1.54) is 0 Å². The first-order valence-corrected chi connectivity index (χ1v) is 7.46. The molecule has 1 saturated heterocycles. The first-order chi connectivity index (χ1) is 8.47. The molecule has 18 heavy (non-hydrogen) atoms. The molecule has 0 radical (unpaired) electrons. The molecule has 1 heterocycles. The zero-order valence-electron chi connectivity index (χ0n) is 12.4. The van der Waals surface area contributed by atoms with Gasteiger partial charge in [-0.1, -0.05) is 33.6 Å². The number of rotatable bonds is 6. The Morgan fingerprint density at radius 2 is 1.94 bits per heavy atom. The van der Waals surface area contributed by atoms with Crippen molar-refractivity contribution >= 4 is 0 Å². The van der Waals surface area contributed by atoms with Gasteiger partial charge >= 0.3 is 0 Å². The van der Waals surface area contributed by atoms with Gasteiger partial charge in [-0.05, 0) is 31.6 Å². The van der Waals surface area contributed by atoms with E-state index in [-0.39, 0.29) is 17.9 Å². The van der Waals surface area contributed by atoms with Crippen molar-refractivity contribution in [2.45, 2.75) is 65.1 Å². The molecule has 108 valence electrons. The molecule has 0 aromatic rings. The second kappa shape index (κ2) is 6.88. The number of aliphatic hydroxyl groups is 2. The Hall–Kier alpha value is -0.120. The van der Waals surface area contributed by atoms with Crippen molar-refractivity contribution in [1.29, 1.82) is 0 Å². The van der Waals surface area contributed by atoms with Gasteiger partial charge in [-0.3, -0.25) is 0 Å². The van der Waals surface area contributed by atoms with Crippen LogP contribution in [0.1, 0.15) is 53.4 Å². The van der Waals surface area contributed by atoms with E-state index < -0.39 is 5.60 Å². The van der Waals surface area contributed by atoms with Crippen LogP contribution in [0.3, 0.4) is 0 Å². The molecule has 1 fully saturated rings. The van der Waals surface area contributed by atoms with E-state index in [4.69, 9.17) is 4.74 Å². The van der Waals surface area contributed by atoms with Gasteiger partial charge in [0, 0.05) is 12.5 Å². The van der Waals surface area contributed by atoms with Crippen molar-refractivity contribution in [2.24, 2.45) is 17.8 Å². The van der Waals surface area contributed by atoms with Gasteiger partial charge in [0.15, 0.2) is 0 Å². The largest absolute Gasteiger partial charge is 0.393 e. The van der Waals surface area contributed by atoms with Crippen LogP contribution in [0.15, 0.2) is 0 Å². The maximum Gasteiger partial charge on any atom is 0.0673 e. The number of ether oxygens (including phenoxy) is 1.